The number of hydrogen-bond acceptors (Lipinski definition) is 2. The number of aromatic nitrogens is 2. The molecule has 0 bridgehead atoms. The van der Waals surface area contributed by atoms with Gasteiger partial charge < -0.3 is 4.90 Å². The summed E-state index contributed by atoms with van der Waals surface area (Å²) < 4.78 is 1.78. The second-order valence-corrected chi connectivity index (χ2v) is 5.29. The summed E-state index contributed by atoms with van der Waals surface area (Å²) in [5.74, 6) is 0.553. The Balaban J connectivity index is 1.95. The van der Waals surface area contributed by atoms with Gasteiger partial charge in [0.1, 0.15) is 0 Å². The molecular formula is C16H19N3O. The Morgan fingerprint density at radius 2 is 2.20 bits per heavy atom. The first-order chi connectivity index (χ1) is 9.70. The van der Waals surface area contributed by atoms with Crippen molar-refractivity contribution in [2.75, 3.05) is 11.4 Å². The maximum absolute atomic E-state index is 12.7. The smallest absolute Gasteiger partial charge is 0.261 e. The van der Waals surface area contributed by atoms with E-state index in [9.17, 15) is 4.79 Å². The van der Waals surface area contributed by atoms with E-state index in [1.165, 1.54) is 5.56 Å². The van der Waals surface area contributed by atoms with Gasteiger partial charge in [0, 0.05) is 25.0 Å². The van der Waals surface area contributed by atoms with Gasteiger partial charge in [-0.3, -0.25) is 9.48 Å². The van der Waals surface area contributed by atoms with Crippen LogP contribution in [0.15, 0.2) is 36.7 Å². The monoisotopic (exact) mass is 269 g/mol. The molecule has 0 spiro atoms. The topological polar surface area (TPSA) is 38.1 Å². The molecule has 1 unspecified atom stereocenters. The van der Waals surface area contributed by atoms with Crippen molar-refractivity contribution in [3.05, 3.63) is 47.8 Å². The number of hydrogen-bond donors (Lipinski definition) is 0. The molecule has 1 aliphatic heterocycles. The molecule has 1 atom stereocenters. The zero-order chi connectivity index (χ0) is 14.1. The number of anilines is 1. The van der Waals surface area contributed by atoms with Gasteiger partial charge in [-0.25, -0.2) is 0 Å². The number of para-hydroxylation sites is 1. The van der Waals surface area contributed by atoms with Crippen LogP contribution in [0.4, 0.5) is 5.69 Å². The Morgan fingerprint density at radius 1 is 1.40 bits per heavy atom. The van der Waals surface area contributed by atoms with Crippen LogP contribution in [-0.2, 0) is 6.54 Å². The van der Waals surface area contributed by atoms with Gasteiger partial charge in [0.2, 0.25) is 0 Å². The highest BCUT2D eigenvalue weighted by Crippen LogP contribution is 2.35. The summed E-state index contributed by atoms with van der Waals surface area (Å²) in [5.41, 5.74) is 2.96. The fraction of sp³-hybridized carbons (Fsp3) is 0.375. The van der Waals surface area contributed by atoms with Crippen molar-refractivity contribution in [2.24, 2.45) is 0 Å². The van der Waals surface area contributed by atoms with Crippen molar-refractivity contribution in [2.45, 2.75) is 32.7 Å². The van der Waals surface area contributed by atoms with Crippen molar-refractivity contribution >= 4 is 11.6 Å². The summed E-state index contributed by atoms with van der Waals surface area (Å²) in [5, 5.41) is 4.19. The number of aryl methyl sites for hydroxylation is 1. The molecule has 1 aliphatic rings. The molecule has 2 aromatic rings. The van der Waals surface area contributed by atoms with Crippen LogP contribution in [-0.4, -0.2) is 22.2 Å². The molecule has 0 fully saturated rings. The molecule has 0 N–H and O–H groups in total. The molecule has 0 radical (unpaired) electrons. The molecule has 1 amide bonds. The second kappa shape index (κ2) is 5.12. The van der Waals surface area contributed by atoms with E-state index < -0.39 is 0 Å². The lowest BCUT2D eigenvalue weighted by Crippen LogP contribution is -2.36. The van der Waals surface area contributed by atoms with Crippen LogP contribution >= 0.6 is 0 Å². The maximum atomic E-state index is 12.7. The highest BCUT2D eigenvalue weighted by molar-refractivity contribution is 6.06. The second-order valence-electron chi connectivity index (χ2n) is 5.29. The Hall–Kier alpha value is -2.10. The third kappa shape index (κ3) is 2.11. The van der Waals surface area contributed by atoms with E-state index in [1.807, 2.05) is 36.2 Å². The fourth-order valence-corrected chi connectivity index (χ4v) is 2.76. The van der Waals surface area contributed by atoms with Crippen molar-refractivity contribution in [1.29, 1.82) is 0 Å². The summed E-state index contributed by atoms with van der Waals surface area (Å²) in [6.07, 6.45) is 4.49. The number of nitrogens with zero attached hydrogens (tertiary/aromatic N) is 3. The van der Waals surface area contributed by atoms with Crippen LogP contribution in [0.2, 0.25) is 0 Å². The van der Waals surface area contributed by atoms with Gasteiger partial charge in [-0.2, -0.15) is 5.10 Å². The van der Waals surface area contributed by atoms with Gasteiger partial charge in [-0.05, 0) is 30.9 Å². The van der Waals surface area contributed by atoms with E-state index in [2.05, 4.69) is 18.1 Å². The number of benzene rings is 1. The lowest BCUT2D eigenvalue weighted by molar-refractivity contribution is 0.0984. The minimum Gasteiger partial charge on any atom is -0.308 e. The first-order valence-electron chi connectivity index (χ1n) is 7.14. The van der Waals surface area contributed by atoms with Crippen LogP contribution in [0.3, 0.4) is 0 Å². The Bertz CT molecular complexity index is 632. The molecule has 0 saturated carbocycles. The standard InChI is InChI=1S/C16H19N3O/c1-3-18-11-13(10-17-18)16(20)19-9-8-12(2)14-6-4-5-7-15(14)19/h4-7,10-12H,3,8-9H2,1-2H3. The highest BCUT2D eigenvalue weighted by atomic mass is 16.2. The van der Waals surface area contributed by atoms with Gasteiger partial charge >= 0.3 is 0 Å². The Kier molecular flexibility index (Phi) is 3.30. The van der Waals surface area contributed by atoms with Gasteiger partial charge in [-0.15, -0.1) is 0 Å². The molecule has 20 heavy (non-hydrogen) atoms. The van der Waals surface area contributed by atoms with Crippen LogP contribution in [0.25, 0.3) is 0 Å². The third-order valence-electron chi connectivity index (χ3n) is 3.99. The van der Waals surface area contributed by atoms with Crippen molar-refractivity contribution in [3.63, 3.8) is 0 Å². The number of amides is 1. The van der Waals surface area contributed by atoms with Crippen LogP contribution in [0.1, 0.15) is 42.1 Å². The summed E-state index contributed by atoms with van der Waals surface area (Å²) in [4.78, 5) is 14.6. The quantitative estimate of drug-likeness (QED) is 0.840. The van der Waals surface area contributed by atoms with E-state index in [1.54, 1.807) is 10.9 Å². The molecule has 1 aromatic heterocycles. The Labute approximate surface area is 119 Å². The number of carbonyl (C=O) groups excluding carboxylic acids is 1. The molecule has 4 nitrogen and oxygen atoms in total. The average Bonchev–Trinajstić information content (AvgIpc) is 2.96. The van der Waals surface area contributed by atoms with Crippen molar-refractivity contribution in [3.8, 4) is 0 Å². The van der Waals surface area contributed by atoms with E-state index in [-0.39, 0.29) is 5.91 Å². The summed E-state index contributed by atoms with van der Waals surface area (Å²) >= 11 is 0. The molecular weight excluding hydrogens is 250 g/mol. The zero-order valence-corrected chi connectivity index (χ0v) is 11.9. The first kappa shape index (κ1) is 12.9. The number of carbonyl (C=O) groups is 1. The van der Waals surface area contributed by atoms with Crippen molar-refractivity contribution in [1.82, 2.24) is 9.78 Å². The molecule has 3 rings (SSSR count). The van der Waals surface area contributed by atoms with E-state index in [0.29, 0.717) is 11.5 Å². The normalized spacial score (nSPS) is 17.9. The zero-order valence-electron chi connectivity index (χ0n) is 11.9. The molecule has 4 heteroatoms. The SMILES string of the molecule is CCn1cc(C(=O)N2CCC(C)c3ccccc32)cn1. The van der Waals surface area contributed by atoms with Gasteiger partial charge in [0.05, 0.1) is 11.8 Å². The van der Waals surface area contributed by atoms with Crippen LogP contribution in [0, 0.1) is 0 Å². The molecule has 104 valence electrons. The Morgan fingerprint density at radius 3 is 2.95 bits per heavy atom. The molecule has 0 saturated heterocycles. The molecule has 2 heterocycles. The predicted molar refractivity (Wildman–Crippen MR) is 79.1 cm³/mol. The minimum absolute atomic E-state index is 0.0454. The number of rotatable bonds is 2. The largest absolute Gasteiger partial charge is 0.308 e. The van der Waals surface area contributed by atoms with Crippen molar-refractivity contribution < 1.29 is 4.79 Å². The van der Waals surface area contributed by atoms with Crippen LogP contribution in [0.5, 0.6) is 0 Å². The third-order valence-corrected chi connectivity index (χ3v) is 3.99. The average molecular weight is 269 g/mol. The lowest BCUT2D eigenvalue weighted by Gasteiger charge is -2.32. The van der Waals surface area contributed by atoms with E-state index >= 15 is 0 Å². The fourth-order valence-electron chi connectivity index (χ4n) is 2.76. The lowest BCUT2D eigenvalue weighted by atomic mass is 9.91. The van der Waals surface area contributed by atoms with Gasteiger partial charge in [0.25, 0.3) is 5.91 Å². The van der Waals surface area contributed by atoms with Gasteiger partial charge in [-0.1, -0.05) is 25.1 Å². The van der Waals surface area contributed by atoms with Crippen LogP contribution < -0.4 is 4.90 Å². The van der Waals surface area contributed by atoms with E-state index in [0.717, 1.165) is 25.2 Å². The molecule has 1 aromatic carbocycles. The summed E-state index contributed by atoms with van der Waals surface area (Å²) in [6.45, 7) is 5.78. The number of fused-ring (bicyclic) bond motifs is 1. The van der Waals surface area contributed by atoms with Gasteiger partial charge in [0.15, 0.2) is 0 Å². The maximum Gasteiger partial charge on any atom is 0.261 e. The van der Waals surface area contributed by atoms with E-state index in [4.69, 9.17) is 0 Å². The molecule has 0 aliphatic carbocycles. The summed E-state index contributed by atoms with van der Waals surface area (Å²) in [7, 11) is 0. The predicted octanol–water partition coefficient (Wildman–Crippen LogP) is 3.06. The summed E-state index contributed by atoms with van der Waals surface area (Å²) in [6, 6.07) is 8.19. The highest BCUT2D eigenvalue weighted by Gasteiger charge is 2.27. The minimum atomic E-state index is 0.0454. The first-order valence-corrected chi connectivity index (χ1v) is 7.14.